The van der Waals surface area contributed by atoms with Gasteiger partial charge in [0, 0.05) is 47.8 Å². The molecule has 3 heterocycles. The zero-order valence-electron chi connectivity index (χ0n) is 26.1. The van der Waals surface area contributed by atoms with Gasteiger partial charge in [0.15, 0.2) is 0 Å². The van der Waals surface area contributed by atoms with Crippen LogP contribution in [0.3, 0.4) is 0 Å². The van der Waals surface area contributed by atoms with Crippen LogP contribution in [0.2, 0.25) is 0 Å². The highest BCUT2D eigenvalue weighted by atomic mass is 32.1. The Morgan fingerprint density at radius 2 is 1.19 bits per heavy atom. The first-order valence-electron chi connectivity index (χ1n) is 16.5. The molecule has 226 valence electrons. The first-order valence-corrected chi connectivity index (χ1v) is 17.3. The van der Waals surface area contributed by atoms with E-state index in [9.17, 15) is 0 Å². The number of hydrogen-bond donors (Lipinski definition) is 0. The zero-order valence-corrected chi connectivity index (χ0v) is 26.9. The lowest BCUT2D eigenvalue weighted by molar-refractivity contribution is 0.852. The standard InChI is InChI=1S/C44H29N3S/c1-2-10-28(11-3-1)29-18-20-30(21-19-29)43-35-14-4-7-15-38(35)45-44(46-43)47-39-16-8-5-12-33(39)36-26-31(22-24-40(36)47)32-23-25-42-37(27-32)34-13-6-9-17-41(34)48-42/h1-7,9-15,17-27H,8,16H2. The average Bonchev–Trinajstić information content (AvgIpc) is 3.70. The number of rotatable bonds is 4. The topological polar surface area (TPSA) is 30.7 Å². The van der Waals surface area contributed by atoms with E-state index in [0.29, 0.717) is 0 Å². The monoisotopic (exact) mass is 631 g/mol. The summed E-state index contributed by atoms with van der Waals surface area (Å²) in [6.45, 7) is 0. The molecule has 0 fully saturated rings. The van der Waals surface area contributed by atoms with Gasteiger partial charge < -0.3 is 0 Å². The summed E-state index contributed by atoms with van der Waals surface area (Å²) in [7, 11) is 0. The van der Waals surface area contributed by atoms with Crippen molar-refractivity contribution >= 4 is 59.4 Å². The van der Waals surface area contributed by atoms with Crippen LogP contribution in [0.25, 0.3) is 87.5 Å². The maximum Gasteiger partial charge on any atom is 0.235 e. The minimum atomic E-state index is 0.719. The third-order valence-corrected chi connectivity index (χ3v) is 10.9. The van der Waals surface area contributed by atoms with Gasteiger partial charge in [0.1, 0.15) is 0 Å². The van der Waals surface area contributed by atoms with Crippen LogP contribution in [0.4, 0.5) is 0 Å². The lowest BCUT2D eigenvalue weighted by Gasteiger charge is -2.15. The van der Waals surface area contributed by atoms with Crippen molar-refractivity contribution in [1.82, 2.24) is 14.5 Å². The number of fused-ring (bicyclic) bond motifs is 7. The maximum absolute atomic E-state index is 5.34. The van der Waals surface area contributed by atoms with Crippen molar-refractivity contribution in [3.05, 3.63) is 157 Å². The van der Waals surface area contributed by atoms with Crippen LogP contribution >= 0.6 is 11.3 Å². The SMILES string of the molecule is C1=Cc2c(n(-c3nc(-c4ccc(-c5ccccc5)cc4)c4ccccc4n3)c3ccc(-c4ccc5sc6ccccc6c5c4)cc23)CC1. The minimum absolute atomic E-state index is 0.719. The van der Waals surface area contributed by atoms with Gasteiger partial charge in [-0.1, -0.05) is 115 Å². The lowest BCUT2D eigenvalue weighted by Crippen LogP contribution is -2.08. The van der Waals surface area contributed by atoms with E-state index in [1.54, 1.807) is 0 Å². The minimum Gasteiger partial charge on any atom is -0.282 e. The Morgan fingerprint density at radius 1 is 0.521 bits per heavy atom. The summed E-state index contributed by atoms with van der Waals surface area (Å²) in [5.74, 6) is 0.719. The van der Waals surface area contributed by atoms with Gasteiger partial charge in [-0.2, -0.15) is 0 Å². The Labute approximate surface area is 282 Å². The molecule has 1 aliphatic carbocycles. The first kappa shape index (κ1) is 27.3. The summed E-state index contributed by atoms with van der Waals surface area (Å²) in [6.07, 6.45) is 6.53. The Morgan fingerprint density at radius 3 is 2.06 bits per heavy atom. The fourth-order valence-electron chi connectivity index (χ4n) is 7.37. The van der Waals surface area contributed by atoms with E-state index in [1.807, 2.05) is 11.3 Å². The molecule has 9 aromatic rings. The van der Waals surface area contributed by atoms with Crippen molar-refractivity contribution in [3.8, 4) is 39.5 Å². The Bertz CT molecular complexity index is 2710. The molecule has 0 aliphatic heterocycles. The fraction of sp³-hybridized carbons (Fsp3) is 0.0455. The number of benzene rings is 6. The number of thiophene rings is 1. The number of allylic oxidation sites excluding steroid dienone is 1. The third-order valence-electron chi connectivity index (χ3n) is 9.71. The molecule has 0 bridgehead atoms. The van der Waals surface area contributed by atoms with Crippen molar-refractivity contribution in [2.75, 3.05) is 0 Å². The van der Waals surface area contributed by atoms with Crippen molar-refractivity contribution in [1.29, 1.82) is 0 Å². The predicted octanol–water partition coefficient (Wildman–Crippen LogP) is 11.9. The molecule has 0 N–H and O–H groups in total. The van der Waals surface area contributed by atoms with Crippen molar-refractivity contribution in [3.63, 3.8) is 0 Å². The van der Waals surface area contributed by atoms with Gasteiger partial charge in [0.05, 0.1) is 16.7 Å². The van der Waals surface area contributed by atoms with E-state index < -0.39 is 0 Å². The van der Waals surface area contributed by atoms with E-state index in [0.717, 1.165) is 46.5 Å². The molecule has 3 nitrogen and oxygen atoms in total. The van der Waals surface area contributed by atoms with Gasteiger partial charge in [0.2, 0.25) is 5.95 Å². The van der Waals surface area contributed by atoms with Crippen molar-refractivity contribution in [2.24, 2.45) is 0 Å². The van der Waals surface area contributed by atoms with Crippen molar-refractivity contribution in [2.45, 2.75) is 12.8 Å². The molecule has 0 atom stereocenters. The highest BCUT2D eigenvalue weighted by Gasteiger charge is 2.22. The van der Waals surface area contributed by atoms with Crippen LogP contribution < -0.4 is 0 Å². The lowest BCUT2D eigenvalue weighted by atomic mass is 9.98. The van der Waals surface area contributed by atoms with Gasteiger partial charge in [0.25, 0.3) is 0 Å². The molecule has 3 aromatic heterocycles. The largest absolute Gasteiger partial charge is 0.282 e. The average molecular weight is 632 g/mol. The second-order valence-corrected chi connectivity index (χ2v) is 13.6. The molecule has 6 aromatic carbocycles. The van der Waals surface area contributed by atoms with E-state index in [-0.39, 0.29) is 0 Å². The van der Waals surface area contributed by atoms with Gasteiger partial charge >= 0.3 is 0 Å². The number of para-hydroxylation sites is 1. The van der Waals surface area contributed by atoms with Crippen LogP contribution in [0.15, 0.2) is 146 Å². The molecule has 1 aliphatic rings. The zero-order chi connectivity index (χ0) is 31.6. The molecule has 4 heteroatoms. The van der Waals surface area contributed by atoms with Gasteiger partial charge in [-0.15, -0.1) is 11.3 Å². The van der Waals surface area contributed by atoms with E-state index in [1.165, 1.54) is 59.1 Å². The molecule has 48 heavy (non-hydrogen) atoms. The first-order chi connectivity index (χ1) is 23.8. The molecular formula is C44H29N3S. The molecular weight excluding hydrogens is 603 g/mol. The highest BCUT2D eigenvalue weighted by Crippen LogP contribution is 2.40. The molecule has 0 unspecified atom stereocenters. The van der Waals surface area contributed by atoms with Crippen LogP contribution in [0.1, 0.15) is 17.7 Å². The van der Waals surface area contributed by atoms with E-state index in [4.69, 9.17) is 9.97 Å². The Kier molecular flexibility index (Phi) is 6.18. The quantitative estimate of drug-likeness (QED) is 0.193. The van der Waals surface area contributed by atoms with Gasteiger partial charge in [-0.05, 0) is 71.5 Å². The second kappa shape index (κ2) is 10.9. The van der Waals surface area contributed by atoms with E-state index >= 15 is 0 Å². The van der Waals surface area contributed by atoms with Crippen LogP contribution in [0.5, 0.6) is 0 Å². The smallest absolute Gasteiger partial charge is 0.235 e. The van der Waals surface area contributed by atoms with E-state index in [2.05, 4.69) is 156 Å². The van der Waals surface area contributed by atoms with Crippen LogP contribution in [-0.4, -0.2) is 14.5 Å². The molecule has 0 radical (unpaired) electrons. The molecule has 10 rings (SSSR count). The summed E-state index contributed by atoms with van der Waals surface area (Å²) < 4.78 is 4.96. The summed E-state index contributed by atoms with van der Waals surface area (Å²) in [5.41, 5.74) is 11.5. The van der Waals surface area contributed by atoms with Gasteiger partial charge in [-0.3, -0.25) is 4.57 Å². The summed E-state index contributed by atoms with van der Waals surface area (Å²) in [4.78, 5) is 10.5. The van der Waals surface area contributed by atoms with Crippen LogP contribution in [-0.2, 0) is 6.42 Å². The van der Waals surface area contributed by atoms with Crippen molar-refractivity contribution < 1.29 is 0 Å². The number of aromatic nitrogens is 3. The normalized spacial score (nSPS) is 12.8. The second-order valence-electron chi connectivity index (χ2n) is 12.5. The summed E-state index contributed by atoms with van der Waals surface area (Å²) >= 11 is 1.86. The molecule has 0 saturated heterocycles. The third kappa shape index (κ3) is 4.34. The number of hydrogen-bond acceptors (Lipinski definition) is 3. The number of nitrogens with zero attached hydrogens (tertiary/aromatic N) is 3. The molecule has 0 amide bonds. The maximum atomic E-state index is 5.34. The van der Waals surface area contributed by atoms with Crippen LogP contribution in [0, 0.1) is 0 Å². The summed E-state index contributed by atoms with van der Waals surface area (Å²) in [6, 6.07) is 50.1. The summed E-state index contributed by atoms with van der Waals surface area (Å²) in [5, 5.41) is 4.93. The molecule has 0 saturated carbocycles. The predicted molar refractivity (Wildman–Crippen MR) is 203 cm³/mol. The van der Waals surface area contributed by atoms with Gasteiger partial charge in [-0.25, -0.2) is 9.97 Å². The molecule has 0 spiro atoms. The highest BCUT2D eigenvalue weighted by molar-refractivity contribution is 7.25. The Balaban J connectivity index is 1.14. The fourth-order valence-corrected chi connectivity index (χ4v) is 8.46. The Hall–Kier alpha value is -5.84.